The summed E-state index contributed by atoms with van der Waals surface area (Å²) in [5, 5.41) is 9.87. The van der Waals surface area contributed by atoms with Gasteiger partial charge in [0.2, 0.25) is 0 Å². The third-order valence-corrected chi connectivity index (χ3v) is 8.68. The van der Waals surface area contributed by atoms with Gasteiger partial charge in [0.1, 0.15) is 21.8 Å². The van der Waals surface area contributed by atoms with Crippen molar-refractivity contribution >= 4 is 46.1 Å². The fourth-order valence-electron chi connectivity index (χ4n) is 4.93. The summed E-state index contributed by atoms with van der Waals surface area (Å²) in [5.41, 5.74) is 1.39. The van der Waals surface area contributed by atoms with Crippen molar-refractivity contribution in [2.45, 2.75) is 92.0 Å². The number of thiocarbonyl (C=S) groups is 1. The number of hydrogen-bond acceptors (Lipinski definition) is 6. The number of anilines is 1. The number of rotatable bonds is 11. The number of carbonyl (C=O) groups is 1. The Morgan fingerprint density at radius 1 is 1.06 bits per heavy atom. The first-order valence-electron chi connectivity index (χ1n) is 13.5. The molecule has 6 nitrogen and oxygen atoms in total. The molecule has 36 heavy (non-hydrogen) atoms. The quantitative estimate of drug-likeness (QED) is 0.192. The van der Waals surface area contributed by atoms with E-state index in [9.17, 15) is 14.9 Å². The summed E-state index contributed by atoms with van der Waals surface area (Å²) in [4.78, 5) is 31.3. The number of unbranched alkanes of at least 4 members (excludes halogenated alkanes) is 5. The maximum Gasteiger partial charge on any atom is 0.270 e. The summed E-state index contributed by atoms with van der Waals surface area (Å²) < 4.78 is 2.37. The number of nitriles is 1. The van der Waals surface area contributed by atoms with Gasteiger partial charge in [-0.2, -0.15) is 5.26 Å². The first-order chi connectivity index (χ1) is 17.3. The molecule has 1 aromatic heterocycles. The van der Waals surface area contributed by atoms with E-state index in [1.54, 1.807) is 9.47 Å². The molecule has 0 bridgehead atoms. The smallest absolute Gasteiger partial charge is 0.270 e. The molecule has 3 rings (SSSR count). The summed E-state index contributed by atoms with van der Waals surface area (Å²) in [7, 11) is 0. The van der Waals surface area contributed by atoms with Crippen molar-refractivity contribution in [3.05, 3.63) is 31.9 Å². The van der Waals surface area contributed by atoms with Crippen LogP contribution in [0.4, 0.5) is 5.82 Å². The second-order valence-electron chi connectivity index (χ2n) is 10.1. The number of amides is 1. The van der Waals surface area contributed by atoms with Gasteiger partial charge in [-0.05, 0) is 50.2 Å². The van der Waals surface area contributed by atoms with Gasteiger partial charge in [-0.25, -0.2) is 0 Å². The second kappa shape index (κ2) is 13.4. The molecule has 0 unspecified atom stereocenters. The standard InChI is InChI=1S/C28H40N4O2S2/c1-5-7-9-10-11-15-32-27(34)24(36-28(32)35)18-22-21(4)23(19-29)26(33)31(14-8-6-2)25(22)30-16-12-20(3)13-17-30/h18,20H,5-17H2,1-4H3/b24-18-. The first-order valence-corrected chi connectivity index (χ1v) is 14.7. The number of pyridine rings is 1. The lowest BCUT2D eigenvalue weighted by Crippen LogP contribution is -2.39. The van der Waals surface area contributed by atoms with Crippen LogP contribution in [0.5, 0.6) is 0 Å². The molecule has 2 saturated heterocycles. The zero-order chi connectivity index (χ0) is 26.2. The van der Waals surface area contributed by atoms with Gasteiger partial charge < -0.3 is 4.90 Å². The van der Waals surface area contributed by atoms with Crippen molar-refractivity contribution in [2.24, 2.45) is 5.92 Å². The van der Waals surface area contributed by atoms with Crippen molar-refractivity contribution in [1.82, 2.24) is 9.47 Å². The van der Waals surface area contributed by atoms with Crippen molar-refractivity contribution in [3.63, 3.8) is 0 Å². The molecule has 3 heterocycles. The number of aromatic nitrogens is 1. The molecule has 1 aromatic rings. The molecule has 0 aromatic carbocycles. The number of thioether (sulfide) groups is 1. The second-order valence-corrected chi connectivity index (χ2v) is 11.8. The Labute approximate surface area is 225 Å². The zero-order valence-electron chi connectivity index (χ0n) is 22.3. The fourth-order valence-corrected chi connectivity index (χ4v) is 6.22. The predicted octanol–water partition coefficient (Wildman–Crippen LogP) is 6.24. The summed E-state index contributed by atoms with van der Waals surface area (Å²) in [6.45, 7) is 11.3. The minimum atomic E-state index is -0.228. The highest BCUT2D eigenvalue weighted by Gasteiger charge is 2.33. The Morgan fingerprint density at radius 3 is 2.36 bits per heavy atom. The van der Waals surface area contributed by atoms with E-state index in [0.717, 1.165) is 63.0 Å². The molecule has 0 spiro atoms. The molecule has 0 radical (unpaired) electrons. The van der Waals surface area contributed by atoms with E-state index in [-0.39, 0.29) is 17.0 Å². The Bertz CT molecular complexity index is 1090. The van der Waals surface area contributed by atoms with Crippen LogP contribution in [0.25, 0.3) is 6.08 Å². The van der Waals surface area contributed by atoms with Crippen molar-refractivity contribution in [1.29, 1.82) is 5.26 Å². The monoisotopic (exact) mass is 528 g/mol. The molecule has 8 heteroatoms. The minimum absolute atomic E-state index is 0.0667. The van der Waals surface area contributed by atoms with Gasteiger partial charge in [-0.15, -0.1) is 0 Å². The van der Waals surface area contributed by atoms with Crippen LogP contribution in [0.2, 0.25) is 0 Å². The van der Waals surface area contributed by atoms with E-state index in [1.807, 2.05) is 13.0 Å². The van der Waals surface area contributed by atoms with Gasteiger partial charge in [-0.1, -0.05) is 76.9 Å². The van der Waals surface area contributed by atoms with Gasteiger partial charge in [0.05, 0.1) is 4.91 Å². The van der Waals surface area contributed by atoms with Crippen molar-refractivity contribution in [2.75, 3.05) is 24.5 Å². The van der Waals surface area contributed by atoms with Gasteiger partial charge in [0.15, 0.2) is 0 Å². The van der Waals surface area contributed by atoms with Crippen molar-refractivity contribution < 1.29 is 4.79 Å². The minimum Gasteiger partial charge on any atom is -0.357 e. The molecule has 1 amide bonds. The van der Waals surface area contributed by atoms with Crippen LogP contribution in [0, 0.1) is 24.2 Å². The SMILES string of the molecule is CCCCCCCN1C(=O)/C(=C/c2c(C)c(C#N)c(=O)n(CCCC)c2N2CCC(C)CC2)SC1=S. The highest BCUT2D eigenvalue weighted by Crippen LogP contribution is 2.37. The average Bonchev–Trinajstić information content (AvgIpc) is 3.13. The summed E-state index contributed by atoms with van der Waals surface area (Å²) in [6, 6.07) is 2.15. The van der Waals surface area contributed by atoms with Gasteiger partial charge >= 0.3 is 0 Å². The largest absolute Gasteiger partial charge is 0.357 e. The summed E-state index contributed by atoms with van der Waals surface area (Å²) >= 11 is 6.91. The highest BCUT2D eigenvalue weighted by molar-refractivity contribution is 8.26. The molecule has 0 aliphatic carbocycles. The van der Waals surface area contributed by atoms with Crippen LogP contribution in [0.1, 0.15) is 95.2 Å². The van der Waals surface area contributed by atoms with Crippen LogP contribution in [0.3, 0.4) is 0 Å². The molecule has 2 aliphatic rings. The lowest BCUT2D eigenvalue weighted by molar-refractivity contribution is -0.122. The van der Waals surface area contributed by atoms with Crippen LogP contribution in [-0.2, 0) is 11.3 Å². The van der Waals surface area contributed by atoms with Gasteiger partial charge in [-0.3, -0.25) is 19.1 Å². The van der Waals surface area contributed by atoms with Crippen LogP contribution in [-0.4, -0.2) is 39.3 Å². The predicted molar refractivity (Wildman–Crippen MR) is 154 cm³/mol. The van der Waals surface area contributed by atoms with Crippen molar-refractivity contribution in [3.8, 4) is 6.07 Å². The first kappa shape index (κ1) is 28.5. The summed E-state index contributed by atoms with van der Waals surface area (Å²) in [6.07, 6.45) is 11.4. The fraction of sp³-hybridized carbons (Fsp3) is 0.643. The Kier molecular flexibility index (Phi) is 10.6. The molecular weight excluding hydrogens is 488 g/mol. The van der Waals surface area contributed by atoms with E-state index in [4.69, 9.17) is 12.2 Å². The number of hydrogen-bond donors (Lipinski definition) is 0. The maximum absolute atomic E-state index is 13.4. The lowest BCUT2D eigenvalue weighted by Gasteiger charge is -2.35. The summed E-state index contributed by atoms with van der Waals surface area (Å²) in [5.74, 6) is 1.43. The lowest BCUT2D eigenvalue weighted by atomic mass is 9.97. The van der Waals surface area contributed by atoms with E-state index in [2.05, 4.69) is 31.7 Å². The molecule has 2 aliphatic heterocycles. The Morgan fingerprint density at radius 2 is 1.72 bits per heavy atom. The topological polar surface area (TPSA) is 69.3 Å². The molecule has 196 valence electrons. The highest BCUT2D eigenvalue weighted by atomic mass is 32.2. The molecule has 0 N–H and O–H groups in total. The van der Waals surface area contributed by atoms with Crippen LogP contribution < -0.4 is 10.5 Å². The van der Waals surface area contributed by atoms with Crippen LogP contribution >= 0.6 is 24.0 Å². The molecule has 2 fully saturated rings. The van der Waals surface area contributed by atoms with Gasteiger partial charge in [0, 0.05) is 31.7 Å². The van der Waals surface area contributed by atoms with Crippen LogP contribution in [0.15, 0.2) is 9.70 Å². The zero-order valence-corrected chi connectivity index (χ0v) is 23.9. The van der Waals surface area contributed by atoms with Gasteiger partial charge in [0.25, 0.3) is 11.5 Å². The number of carbonyl (C=O) groups excluding carboxylic acids is 1. The Balaban J connectivity index is 2.03. The third-order valence-electron chi connectivity index (χ3n) is 7.30. The van der Waals surface area contributed by atoms with E-state index in [1.165, 1.54) is 31.0 Å². The third kappa shape index (κ3) is 6.41. The molecule has 0 saturated carbocycles. The number of nitrogens with zero attached hydrogens (tertiary/aromatic N) is 4. The molecule has 0 atom stereocenters. The van der Waals surface area contributed by atoms with E-state index < -0.39 is 0 Å². The average molecular weight is 529 g/mol. The van der Waals surface area contributed by atoms with E-state index >= 15 is 0 Å². The Hall–Kier alpha value is -2.11. The molecular formula is C28H40N4O2S2. The van der Waals surface area contributed by atoms with E-state index in [0.29, 0.717) is 33.8 Å². The normalized spacial score (nSPS) is 17.9. The maximum atomic E-state index is 13.4. The number of piperidine rings is 1.